The minimum Gasteiger partial charge on any atom is -0.338 e. The van der Waals surface area contributed by atoms with E-state index in [1.807, 2.05) is 30.7 Å². The van der Waals surface area contributed by atoms with Crippen molar-refractivity contribution in [3.8, 4) is 11.4 Å². The molecule has 0 bridgehead atoms. The van der Waals surface area contributed by atoms with Gasteiger partial charge in [0.2, 0.25) is 5.91 Å². The lowest BCUT2D eigenvalue weighted by Gasteiger charge is -2.25. The molecule has 28 heavy (non-hydrogen) atoms. The van der Waals surface area contributed by atoms with Gasteiger partial charge in [0, 0.05) is 24.7 Å². The lowest BCUT2D eigenvalue weighted by molar-refractivity contribution is -0.128. The van der Waals surface area contributed by atoms with Crippen LogP contribution >= 0.6 is 23.4 Å². The van der Waals surface area contributed by atoms with Gasteiger partial charge in [0.15, 0.2) is 11.0 Å². The SMILES string of the molecule is CC(c1ccc(F)cc1)N(C)C(=O)CSc1nnc(-c2ccc(Cl)cc2)n1C. The largest absolute Gasteiger partial charge is 0.338 e. The molecule has 1 aromatic heterocycles. The highest BCUT2D eigenvalue weighted by Crippen LogP contribution is 2.25. The highest BCUT2D eigenvalue weighted by Gasteiger charge is 2.19. The summed E-state index contributed by atoms with van der Waals surface area (Å²) < 4.78 is 14.9. The molecule has 3 aromatic rings. The van der Waals surface area contributed by atoms with Crippen molar-refractivity contribution in [1.29, 1.82) is 0 Å². The average molecular weight is 419 g/mol. The van der Waals surface area contributed by atoms with Gasteiger partial charge in [-0.25, -0.2) is 4.39 Å². The average Bonchev–Trinajstić information content (AvgIpc) is 3.06. The Labute approximate surface area is 172 Å². The van der Waals surface area contributed by atoms with Gasteiger partial charge >= 0.3 is 0 Å². The van der Waals surface area contributed by atoms with E-state index in [0.29, 0.717) is 16.0 Å². The first-order chi connectivity index (χ1) is 13.4. The van der Waals surface area contributed by atoms with E-state index in [0.717, 1.165) is 11.1 Å². The molecule has 0 aliphatic carbocycles. The zero-order valence-corrected chi connectivity index (χ0v) is 17.3. The summed E-state index contributed by atoms with van der Waals surface area (Å²) in [5.41, 5.74) is 1.78. The van der Waals surface area contributed by atoms with Crippen molar-refractivity contribution in [2.24, 2.45) is 7.05 Å². The summed E-state index contributed by atoms with van der Waals surface area (Å²) in [6, 6.07) is 13.4. The molecule has 1 atom stereocenters. The van der Waals surface area contributed by atoms with E-state index in [-0.39, 0.29) is 23.5 Å². The second-order valence-electron chi connectivity index (χ2n) is 6.39. The van der Waals surface area contributed by atoms with Gasteiger partial charge in [-0.1, -0.05) is 35.5 Å². The quantitative estimate of drug-likeness (QED) is 0.549. The highest BCUT2D eigenvalue weighted by atomic mass is 35.5. The van der Waals surface area contributed by atoms with Crippen LogP contribution in [0.3, 0.4) is 0 Å². The van der Waals surface area contributed by atoms with Crippen LogP contribution in [0.25, 0.3) is 11.4 Å². The molecule has 0 saturated heterocycles. The van der Waals surface area contributed by atoms with E-state index in [9.17, 15) is 9.18 Å². The van der Waals surface area contributed by atoms with Crippen molar-refractivity contribution in [3.05, 3.63) is 64.9 Å². The second-order valence-corrected chi connectivity index (χ2v) is 7.77. The number of thioether (sulfide) groups is 1. The van der Waals surface area contributed by atoms with Crippen LogP contribution in [-0.4, -0.2) is 38.4 Å². The van der Waals surface area contributed by atoms with Crippen LogP contribution in [0, 0.1) is 5.82 Å². The summed E-state index contributed by atoms with van der Waals surface area (Å²) in [5, 5.41) is 9.72. The van der Waals surface area contributed by atoms with Crippen molar-refractivity contribution in [3.63, 3.8) is 0 Å². The standard InChI is InChI=1S/C20H20ClFN4OS/c1-13(14-6-10-17(22)11-7-14)25(2)18(27)12-28-20-24-23-19(26(20)3)15-4-8-16(21)9-5-15/h4-11,13H,12H2,1-3H3. The molecule has 0 fully saturated rings. The Morgan fingerprint density at radius 1 is 1.18 bits per heavy atom. The zero-order valence-electron chi connectivity index (χ0n) is 15.8. The number of hydrogen-bond donors (Lipinski definition) is 0. The van der Waals surface area contributed by atoms with Gasteiger partial charge in [0.25, 0.3) is 0 Å². The fourth-order valence-corrected chi connectivity index (χ4v) is 3.66. The monoisotopic (exact) mass is 418 g/mol. The number of aromatic nitrogens is 3. The smallest absolute Gasteiger partial charge is 0.233 e. The first-order valence-electron chi connectivity index (χ1n) is 8.66. The Hall–Kier alpha value is -2.38. The van der Waals surface area contributed by atoms with E-state index < -0.39 is 0 Å². The maximum absolute atomic E-state index is 13.1. The normalized spacial score (nSPS) is 12.0. The summed E-state index contributed by atoms with van der Waals surface area (Å²) in [4.78, 5) is 14.2. The molecule has 0 spiro atoms. The second kappa shape index (κ2) is 8.75. The summed E-state index contributed by atoms with van der Waals surface area (Å²) >= 11 is 7.26. The Balaban J connectivity index is 1.64. The number of amides is 1. The number of rotatable bonds is 6. The number of carbonyl (C=O) groups excluding carboxylic acids is 1. The van der Waals surface area contributed by atoms with Crippen LogP contribution in [0.15, 0.2) is 53.7 Å². The molecular weight excluding hydrogens is 399 g/mol. The van der Waals surface area contributed by atoms with E-state index in [1.54, 1.807) is 36.2 Å². The van der Waals surface area contributed by atoms with Crippen molar-refractivity contribution in [2.45, 2.75) is 18.1 Å². The van der Waals surface area contributed by atoms with Gasteiger partial charge in [0.05, 0.1) is 11.8 Å². The number of nitrogens with zero attached hydrogens (tertiary/aromatic N) is 4. The number of halogens is 2. The molecule has 1 heterocycles. The van der Waals surface area contributed by atoms with Crippen molar-refractivity contribution in [1.82, 2.24) is 19.7 Å². The van der Waals surface area contributed by atoms with Crippen LogP contribution in [0.4, 0.5) is 4.39 Å². The summed E-state index contributed by atoms with van der Waals surface area (Å²) in [6.45, 7) is 1.91. The van der Waals surface area contributed by atoms with Crippen LogP contribution < -0.4 is 0 Å². The van der Waals surface area contributed by atoms with Gasteiger partial charge in [-0.05, 0) is 48.9 Å². The van der Waals surface area contributed by atoms with E-state index in [2.05, 4.69) is 10.2 Å². The topological polar surface area (TPSA) is 51.0 Å². The van der Waals surface area contributed by atoms with Gasteiger partial charge in [-0.15, -0.1) is 10.2 Å². The van der Waals surface area contributed by atoms with E-state index in [4.69, 9.17) is 11.6 Å². The minimum absolute atomic E-state index is 0.0436. The van der Waals surface area contributed by atoms with Crippen LogP contribution in [0.2, 0.25) is 5.02 Å². The summed E-state index contributed by atoms with van der Waals surface area (Å²) in [6.07, 6.45) is 0. The molecule has 3 rings (SSSR count). The molecule has 1 amide bonds. The van der Waals surface area contributed by atoms with Crippen LogP contribution in [0.1, 0.15) is 18.5 Å². The first kappa shape index (κ1) is 20.4. The van der Waals surface area contributed by atoms with E-state index in [1.165, 1.54) is 23.9 Å². The molecule has 1 unspecified atom stereocenters. The minimum atomic E-state index is -0.292. The lowest BCUT2D eigenvalue weighted by Crippen LogP contribution is -2.31. The van der Waals surface area contributed by atoms with Crippen molar-refractivity contribution in [2.75, 3.05) is 12.8 Å². The third-order valence-electron chi connectivity index (χ3n) is 4.59. The molecule has 5 nitrogen and oxygen atoms in total. The molecule has 0 aliphatic rings. The summed E-state index contributed by atoms with van der Waals surface area (Å²) in [7, 11) is 3.61. The predicted molar refractivity (Wildman–Crippen MR) is 110 cm³/mol. The van der Waals surface area contributed by atoms with Gasteiger partial charge in [-0.2, -0.15) is 0 Å². The Morgan fingerprint density at radius 3 is 2.46 bits per heavy atom. The highest BCUT2D eigenvalue weighted by molar-refractivity contribution is 7.99. The van der Waals surface area contributed by atoms with Gasteiger partial charge in [-0.3, -0.25) is 4.79 Å². The predicted octanol–water partition coefficient (Wildman–Crippen LogP) is 4.59. The first-order valence-corrected chi connectivity index (χ1v) is 10.0. The Morgan fingerprint density at radius 2 is 1.82 bits per heavy atom. The fraction of sp³-hybridized carbons (Fsp3) is 0.250. The fourth-order valence-electron chi connectivity index (χ4n) is 2.70. The molecule has 0 radical (unpaired) electrons. The molecular formula is C20H20ClFN4OS. The molecule has 8 heteroatoms. The van der Waals surface area contributed by atoms with Crippen LogP contribution in [-0.2, 0) is 11.8 Å². The zero-order chi connectivity index (χ0) is 20.3. The van der Waals surface area contributed by atoms with Crippen molar-refractivity contribution >= 4 is 29.3 Å². The summed E-state index contributed by atoms with van der Waals surface area (Å²) in [5.74, 6) is 0.603. The third-order valence-corrected chi connectivity index (χ3v) is 5.85. The Kier molecular flexibility index (Phi) is 6.36. The maximum Gasteiger partial charge on any atom is 0.233 e. The molecule has 146 valence electrons. The number of carbonyl (C=O) groups is 1. The van der Waals surface area contributed by atoms with Gasteiger partial charge < -0.3 is 9.47 Å². The third kappa shape index (κ3) is 4.54. The van der Waals surface area contributed by atoms with Crippen LogP contribution in [0.5, 0.6) is 0 Å². The Bertz CT molecular complexity index is 959. The molecule has 0 aliphatic heterocycles. The number of benzene rings is 2. The molecule has 2 aromatic carbocycles. The lowest BCUT2D eigenvalue weighted by atomic mass is 10.1. The van der Waals surface area contributed by atoms with E-state index >= 15 is 0 Å². The van der Waals surface area contributed by atoms with Gasteiger partial charge in [0.1, 0.15) is 5.82 Å². The molecule has 0 N–H and O–H groups in total. The number of hydrogen-bond acceptors (Lipinski definition) is 4. The molecule has 0 saturated carbocycles. The van der Waals surface area contributed by atoms with Crippen molar-refractivity contribution < 1.29 is 9.18 Å². The maximum atomic E-state index is 13.1.